The highest BCUT2D eigenvalue weighted by Gasteiger charge is 2.14. The molecule has 0 bridgehead atoms. The fraction of sp³-hybridized carbons (Fsp3) is 0.133. The van der Waals surface area contributed by atoms with Gasteiger partial charge >= 0.3 is 0 Å². The molecule has 0 saturated carbocycles. The number of carbonyl (C=O) groups is 1. The fourth-order valence-electron chi connectivity index (χ4n) is 1.80. The highest BCUT2D eigenvalue weighted by atomic mass is 35.5. The Morgan fingerprint density at radius 1 is 1.10 bits per heavy atom. The molecule has 21 heavy (non-hydrogen) atoms. The maximum Gasteiger partial charge on any atom is 0.251 e. The van der Waals surface area contributed by atoms with E-state index in [1.165, 1.54) is 0 Å². The van der Waals surface area contributed by atoms with Gasteiger partial charge in [-0.15, -0.1) is 0 Å². The zero-order chi connectivity index (χ0) is 15.4. The van der Waals surface area contributed by atoms with Gasteiger partial charge in [0.1, 0.15) is 0 Å². The first-order chi connectivity index (χ1) is 9.97. The number of hydrogen-bond acceptors (Lipinski definition) is 2. The van der Waals surface area contributed by atoms with Gasteiger partial charge < -0.3 is 10.4 Å². The Morgan fingerprint density at radius 2 is 1.81 bits per heavy atom. The Morgan fingerprint density at radius 3 is 2.48 bits per heavy atom. The van der Waals surface area contributed by atoms with Crippen LogP contribution in [0.25, 0.3) is 0 Å². The van der Waals surface area contributed by atoms with E-state index in [0.717, 1.165) is 0 Å². The van der Waals surface area contributed by atoms with E-state index in [4.69, 9.17) is 34.8 Å². The van der Waals surface area contributed by atoms with E-state index in [-0.39, 0.29) is 12.5 Å². The highest BCUT2D eigenvalue weighted by molar-refractivity contribution is 6.35. The molecule has 0 aliphatic carbocycles. The van der Waals surface area contributed by atoms with Gasteiger partial charge in [-0.1, -0.05) is 46.9 Å². The summed E-state index contributed by atoms with van der Waals surface area (Å²) in [6, 6.07) is 11.4. The van der Waals surface area contributed by atoms with Crippen LogP contribution in [0.2, 0.25) is 15.1 Å². The van der Waals surface area contributed by atoms with E-state index < -0.39 is 6.10 Å². The standard InChI is InChI=1S/C15H12Cl3NO2/c16-10-3-1-2-9(6-10)15(21)19-8-14(20)12-5-4-11(17)7-13(12)18/h1-7,14,20H,8H2,(H,19,21). The maximum atomic E-state index is 11.9. The molecule has 1 atom stereocenters. The highest BCUT2D eigenvalue weighted by Crippen LogP contribution is 2.26. The Bertz CT molecular complexity index is 661. The van der Waals surface area contributed by atoms with Crippen LogP contribution in [0.15, 0.2) is 42.5 Å². The summed E-state index contributed by atoms with van der Waals surface area (Å²) in [4.78, 5) is 11.9. The number of hydrogen-bond donors (Lipinski definition) is 2. The molecule has 2 rings (SSSR count). The number of carbonyl (C=O) groups excluding carboxylic acids is 1. The van der Waals surface area contributed by atoms with Gasteiger partial charge in [0, 0.05) is 32.7 Å². The van der Waals surface area contributed by atoms with E-state index in [1.807, 2.05) is 0 Å². The molecular formula is C15H12Cl3NO2. The number of nitrogens with one attached hydrogen (secondary N) is 1. The molecule has 1 amide bonds. The number of rotatable bonds is 4. The zero-order valence-electron chi connectivity index (χ0n) is 10.8. The minimum Gasteiger partial charge on any atom is -0.387 e. The van der Waals surface area contributed by atoms with Crippen LogP contribution in [0.3, 0.4) is 0 Å². The van der Waals surface area contributed by atoms with Gasteiger partial charge in [-0.25, -0.2) is 0 Å². The van der Waals surface area contributed by atoms with Crippen molar-refractivity contribution in [3.8, 4) is 0 Å². The monoisotopic (exact) mass is 343 g/mol. The first kappa shape index (κ1) is 16.1. The smallest absolute Gasteiger partial charge is 0.251 e. The number of benzene rings is 2. The van der Waals surface area contributed by atoms with Crippen molar-refractivity contribution >= 4 is 40.7 Å². The molecule has 0 spiro atoms. The van der Waals surface area contributed by atoms with E-state index in [2.05, 4.69) is 5.32 Å². The third kappa shape index (κ3) is 4.35. The molecule has 2 N–H and O–H groups in total. The quantitative estimate of drug-likeness (QED) is 0.877. The predicted octanol–water partition coefficient (Wildman–Crippen LogP) is 4.11. The number of amides is 1. The SMILES string of the molecule is O=C(NCC(O)c1ccc(Cl)cc1Cl)c1cccc(Cl)c1. The fourth-order valence-corrected chi connectivity index (χ4v) is 2.53. The third-order valence-corrected chi connectivity index (χ3v) is 3.66. The molecule has 3 nitrogen and oxygen atoms in total. The third-order valence-electron chi connectivity index (χ3n) is 2.86. The molecule has 0 saturated heterocycles. The molecule has 0 heterocycles. The lowest BCUT2D eigenvalue weighted by Gasteiger charge is -2.14. The van der Waals surface area contributed by atoms with Crippen LogP contribution in [-0.2, 0) is 0 Å². The number of aliphatic hydroxyl groups is 1. The minimum absolute atomic E-state index is 0.0344. The van der Waals surface area contributed by atoms with E-state index in [1.54, 1.807) is 42.5 Å². The van der Waals surface area contributed by atoms with E-state index >= 15 is 0 Å². The van der Waals surface area contributed by atoms with Gasteiger partial charge in [-0.05, 0) is 30.3 Å². The van der Waals surface area contributed by atoms with Crippen molar-refractivity contribution in [2.24, 2.45) is 0 Å². The predicted molar refractivity (Wildman–Crippen MR) is 85.2 cm³/mol. The molecule has 0 radical (unpaired) electrons. The number of aliphatic hydroxyl groups excluding tert-OH is 1. The van der Waals surface area contributed by atoms with Crippen molar-refractivity contribution in [2.75, 3.05) is 6.54 Å². The summed E-state index contributed by atoms with van der Waals surface area (Å²) in [5.41, 5.74) is 0.935. The molecule has 0 fully saturated rings. The van der Waals surface area contributed by atoms with Gasteiger partial charge in [-0.2, -0.15) is 0 Å². The molecular weight excluding hydrogens is 333 g/mol. The second-order valence-corrected chi connectivity index (χ2v) is 5.68. The molecule has 2 aromatic carbocycles. The molecule has 0 aliphatic heterocycles. The molecule has 110 valence electrons. The Labute approximate surface area is 137 Å². The van der Waals surface area contributed by atoms with Crippen molar-refractivity contribution in [3.63, 3.8) is 0 Å². The second-order valence-electron chi connectivity index (χ2n) is 4.40. The Kier molecular flexibility index (Phi) is 5.48. The largest absolute Gasteiger partial charge is 0.387 e. The zero-order valence-corrected chi connectivity index (χ0v) is 13.1. The van der Waals surface area contributed by atoms with E-state index in [0.29, 0.717) is 26.2 Å². The molecule has 1 unspecified atom stereocenters. The summed E-state index contributed by atoms with van der Waals surface area (Å²) in [5.74, 6) is -0.318. The molecule has 6 heteroatoms. The molecule has 0 aromatic heterocycles. The lowest BCUT2D eigenvalue weighted by Crippen LogP contribution is -2.28. The lowest BCUT2D eigenvalue weighted by molar-refractivity contribution is 0.0916. The normalized spacial score (nSPS) is 12.0. The Hall–Kier alpha value is -1.26. The van der Waals surface area contributed by atoms with Crippen LogP contribution in [0.1, 0.15) is 22.0 Å². The summed E-state index contributed by atoms with van der Waals surface area (Å²) in [7, 11) is 0. The van der Waals surface area contributed by atoms with Crippen LogP contribution in [0.4, 0.5) is 0 Å². The second kappa shape index (κ2) is 7.14. The van der Waals surface area contributed by atoms with Crippen molar-refractivity contribution < 1.29 is 9.90 Å². The van der Waals surface area contributed by atoms with Crippen molar-refractivity contribution in [1.29, 1.82) is 0 Å². The van der Waals surface area contributed by atoms with Gasteiger partial charge in [-0.3, -0.25) is 4.79 Å². The first-order valence-electron chi connectivity index (χ1n) is 6.14. The van der Waals surface area contributed by atoms with Crippen LogP contribution in [0, 0.1) is 0 Å². The van der Waals surface area contributed by atoms with E-state index in [9.17, 15) is 9.90 Å². The minimum atomic E-state index is -0.919. The summed E-state index contributed by atoms with van der Waals surface area (Å²) >= 11 is 17.6. The maximum absolute atomic E-state index is 11.9. The van der Waals surface area contributed by atoms with Crippen LogP contribution >= 0.6 is 34.8 Å². The van der Waals surface area contributed by atoms with Crippen LogP contribution in [0.5, 0.6) is 0 Å². The first-order valence-corrected chi connectivity index (χ1v) is 7.27. The Balaban J connectivity index is 2.00. The average molecular weight is 345 g/mol. The van der Waals surface area contributed by atoms with Gasteiger partial charge in [0.2, 0.25) is 0 Å². The molecule has 0 aliphatic rings. The summed E-state index contributed by atoms with van der Waals surface area (Å²) in [6.07, 6.45) is -0.919. The van der Waals surface area contributed by atoms with Crippen molar-refractivity contribution in [1.82, 2.24) is 5.32 Å². The summed E-state index contributed by atoms with van der Waals surface area (Å²) < 4.78 is 0. The van der Waals surface area contributed by atoms with Crippen LogP contribution in [-0.4, -0.2) is 17.6 Å². The van der Waals surface area contributed by atoms with Crippen molar-refractivity contribution in [2.45, 2.75) is 6.10 Å². The van der Waals surface area contributed by atoms with Crippen molar-refractivity contribution in [3.05, 3.63) is 68.7 Å². The number of halogens is 3. The topological polar surface area (TPSA) is 49.3 Å². The van der Waals surface area contributed by atoms with Gasteiger partial charge in [0.05, 0.1) is 6.10 Å². The van der Waals surface area contributed by atoms with Gasteiger partial charge in [0.25, 0.3) is 5.91 Å². The summed E-state index contributed by atoms with van der Waals surface area (Å²) in [5, 5.41) is 14.0. The van der Waals surface area contributed by atoms with Crippen LogP contribution < -0.4 is 5.32 Å². The lowest BCUT2D eigenvalue weighted by atomic mass is 10.1. The van der Waals surface area contributed by atoms with Gasteiger partial charge in [0.15, 0.2) is 0 Å². The average Bonchev–Trinajstić information content (AvgIpc) is 2.44. The summed E-state index contributed by atoms with van der Waals surface area (Å²) in [6.45, 7) is 0.0344. The molecule has 2 aromatic rings.